The van der Waals surface area contributed by atoms with Crippen molar-refractivity contribution in [2.45, 2.75) is 27.2 Å². The minimum absolute atomic E-state index is 0.0496. The number of nitrogens with one attached hydrogen (secondary N) is 3. The topological polar surface area (TPSA) is 70.2 Å². The van der Waals surface area contributed by atoms with Crippen LogP contribution in [0.2, 0.25) is 0 Å². The molecule has 0 saturated carbocycles. The van der Waals surface area contributed by atoms with Crippen LogP contribution in [0.4, 0.5) is 5.69 Å². The highest BCUT2D eigenvalue weighted by molar-refractivity contribution is 5.95. The highest BCUT2D eigenvalue weighted by Gasteiger charge is 2.08. The zero-order valence-corrected chi connectivity index (χ0v) is 12.4. The molecule has 0 aliphatic rings. The van der Waals surface area contributed by atoms with E-state index in [-0.39, 0.29) is 11.8 Å². The second-order valence-electron chi connectivity index (χ2n) is 4.52. The van der Waals surface area contributed by atoms with Gasteiger partial charge in [-0.2, -0.15) is 0 Å². The average Bonchev–Trinajstić information content (AvgIpc) is 2.41. The fourth-order valence-corrected chi connectivity index (χ4v) is 1.87. The molecule has 0 fully saturated rings. The molecule has 0 heterocycles. The standard InChI is InChI=1S/C15H23N3O2/c1-4-16-13-7-6-12(10-11(13)3)15(20)18-9-8-14(19)17-5-2/h6-7,10,16H,4-5,8-9H2,1-3H3,(H,17,19)(H,18,20). The molecule has 1 rings (SSSR count). The molecule has 0 bridgehead atoms. The molecule has 3 N–H and O–H groups in total. The van der Waals surface area contributed by atoms with Gasteiger partial charge in [0.25, 0.3) is 5.91 Å². The first kappa shape index (κ1) is 16.0. The van der Waals surface area contributed by atoms with E-state index in [1.54, 1.807) is 6.07 Å². The molecule has 20 heavy (non-hydrogen) atoms. The lowest BCUT2D eigenvalue weighted by molar-refractivity contribution is -0.120. The van der Waals surface area contributed by atoms with Crippen LogP contribution in [0, 0.1) is 6.92 Å². The van der Waals surface area contributed by atoms with Gasteiger partial charge >= 0.3 is 0 Å². The number of amides is 2. The molecule has 0 atom stereocenters. The molecule has 0 aromatic heterocycles. The molecule has 0 aliphatic carbocycles. The van der Waals surface area contributed by atoms with E-state index >= 15 is 0 Å². The van der Waals surface area contributed by atoms with E-state index in [9.17, 15) is 9.59 Å². The van der Waals surface area contributed by atoms with Crippen LogP contribution in [-0.2, 0) is 4.79 Å². The summed E-state index contributed by atoms with van der Waals surface area (Å²) in [6.45, 7) is 7.66. The Morgan fingerprint density at radius 2 is 1.85 bits per heavy atom. The normalized spacial score (nSPS) is 9.95. The van der Waals surface area contributed by atoms with Crippen molar-refractivity contribution in [2.75, 3.05) is 25.0 Å². The summed E-state index contributed by atoms with van der Waals surface area (Å²) < 4.78 is 0. The van der Waals surface area contributed by atoms with E-state index in [4.69, 9.17) is 0 Å². The second-order valence-corrected chi connectivity index (χ2v) is 4.52. The molecule has 0 saturated heterocycles. The third-order valence-corrected chi connectivity index (χ3v) is 2.87. The number of carbonyl (C=O) groups is 2. The van der Waals surface area contributed by atoms with Crippen LogP contribution in [0.25, 0.3) is 0 Å². The number of rotatable bonds is 7. The van der Waals surface area contributed by atoms with Gasteiger partial charge in [-0.1, -0.05) is 0 Å². The molecule has 5 nitrogen and oxygen atoms in total. The van der Waals surface area contributed by atoms with Gasteiger partial charge in [0.15, 0.2) is 0 Å². The maximum absolute atomic E-state index is 11.9. The lowest BCUT2D eigenvalue weighted by Crippen LogP contribution is -2.30. The Balaban J connectivity index is 2.51. The van der Waals surface area contributed by atoms with Crippen LogP contribution in [-0.4, -0.2) is 31.4 Å². The Morgan fingerprint density at radius 1 is 1.10 bits per heavy atom. The first-order valence-corrected chi connectivity index (χ1v) is 6.97. The van der Waals surface area contributed by atoms with Crippen molar-refractivity contribution in [3.8, 4) is 0 Å². The van der Waals surface area contributed by atoms with Crippen LogP contribution in [0.15, 0.2) is 18.2 Å². The fourth-order valence-electron chi connectivity index (χ4n) is 1.87. The van der Waals surface area contributed by atoms with Crippen molar-refractivity contribution in [2.24, 2.45) is 0 Å². The van der Waals surface area contributed by atoms with Crippen molar-refractivity contribution in [1.29, 1.82) is 0 Å². The van der Waals surface area contributed by atoms with Crippen molar-refractivity contribution < 1.29 is 9.59 Å². The average molecular weight is 277 g/mol. The van der Waals surface area contributed by atoms with Crippen LogP contribution in [0.3, 0.4) is 0 Å². The van der Waals surface area contributed by atoms with E-state index in [2.05, 4.69) is 16.0 Å². The Labute approximate surface area is 120 Å². The van der Waals surface area contributed by atoms with Gasteiger partial charge in [0.2, 0.25) is 5.91 Å². The number of hydrogen-bond donors (Lipinski definition) is 3. The third kappa shape index (κ3) is 4.91. The SMILES string of the molecule is CCNC(=O)CCNC(=O)c1ccc(NCC)c(C)c1. The molecule has 0 radical (unpaired) electrons. The molecular weight excluding hydrogens is 254 g/mol. The molecule has 0 unspecified atom stereocenters. The molecular formula is C15H23N3O2. The summed E-state index contributed by atoms with van der Waals surface area (Å²) in [5.41, 5.74) is 2.68. The summed E-state index contributed by atoms with van der Waals surface area (Å²) in [7, 11) is 0. The largest absolute Gasteiger partial charge is 0.385 e. The van der Waals surface area contributed by atoms with Crippen LogP contribution >= 0.6 is 0 Å². The Hall–Kier alpha value is -2.04. The summed E-state index contributed by atoms with van der Waals surface area (Å²) in [5, 5.41) is 8.67. The summed E-state index contributed by atoms with van der Waals surface area (Å²) >= 11 is 0. The summed E-state index contributed by atoms with van der Waals surface area (Å²) in [6.07, 6.45) is 0.300. The predicted molar refractivity (Wildman–Crippen MR) is 81.0 cm³/mol. The van der Waals surface area contributed by atoms with Gasteiger partial charge in [0.05, 0.1) is 0 Å². The van der Waals surface area contributed by atoms with E-state index < -0.39 is 0 Å². The van der Waals surface area contributed by atoms with Crippen LogP contribution < -0.4 is 16.0 Å². The Bertz CT molecular complexity index is 472. The number of benzene rings is 1. The summed E-state index contributed by atoms with van der Waals surface area (Å²) in [5.74, 6) is -0.202. The van der Waals surface area contributed by atoms with Gasteiger partial charge < -0.3 is 16.0 Å². The minimum atomic E-state index is -0.152. The highest BCUT2D eigenvalue weighted by Crippen LogP contribution is 2.16. The number of carbonyl (C=O) groups excluding carboxylic acids is 2. The lowest BCUT2D eigenvalue weighted by Gasteiger charge is -2.10. The Morgan fingerprint density at radius 3 is 2.45 bits per heavy atom. The van der Waals surface area contributed by atoms with Gasteiger partial charge in [-0.05, 0) is 44.5 Å². The van der Waals surface area contributed by atoms with Gasteiger partial charge in [-0.15, -0.1) is 0 Å². The highest BCUT2D eigenvalue weighted by atomic mass is 16.2. The van der Waals surface area contributed by atoms with Crippen molar-refractivity contribution >= 4 is 17.5 Å². The van der Waals surface area contributed by atoms with Gasteiger partial charge in [-0.25, -0.2) is 0 Å². The van der Waals surface area contributed by atoms with E-state index in [0.29, 0.717) is 25.1 Å². The molecule has 0 spiro atoms. The third-order valence-electron chi connectivity index (χ3n) is 2.87. The quantitative estimate of drug-likeness (QED) is 0.710. The fraction of sp³-hybridized carbons (Fsp3) is 0.467. The molecule has 0 aliphatic heterocycles. The Kier molecular flexibility index (Phi) is 6.56. The monoisotopic (exact) mass is 277 g/mol. The maximum atomic E-state index is 11.9. The minimum Gasteiger partial charge on any atom is -0.385 e. The van der Waals surface area contributed by atoms with Crippen molar-refractivity contribution in [3.05, 3.63) is 29.3 Å². The zero-order chi connectivity index (χ0) is 15.0. The summed E-state index contributed by atoms with van der Waals surface area (Å²) in [4.78, 5) is 23.2. The number of hydrogen-bond acceptors (Lipinski definition) is 3. The van der Waals surface area contributed by atoms with E-state index in [1.807, 2.05) is 32.9 Å². The van der Waals surface area contributed by atoms with E-state index in [0.717, 1.165) is 17.8 Å². The van der Waals surface area contributed by atoms with Crippen LogP contribution in [0.1, 0.15) is 36.2 Å². The first-order valence-electron chi connectivity index (χ1n) is 6.97. The van der Waals surface area contributed by atoms with Gasteiger partial charge in [-0.3, -0.25) is 9.59 Å². The van der Waals surface area contributed by atoms with Gasteiger partial charge in [0, 0.05) is 37.3 Å². The van der Waals surface area contributed by atoms with Crippen molar-refractivity contribution in [1.82, 2.24) is 10.6 Å². The van der Waals surface area contributed by atoms with E-state index in [1.165, 1.54) is 0 Å². The van der Waals surface area contributed by atoms with Crippen molar-refractivity contribution in [3.63, 3.8) is 0 Å². The maximum Gasteiger partial charge on any atom is 0.251 e. The number of anilines is 1. The first-order chi connectivity index (χ1) is 9.58. The van der Waals surface area contributed by atoms with Gasteiger partial charge in [0.1, 0.15) is 0 Å². The smallest absolute Gasteiger partial charge is 0.251 e. The molecule has 2 amide bonds. The zero-order valence-electron chi connectivity index (χ0n) is 12.4. The molecule has 110 valence electrons. The molecule has 1 aromatic rings. The van der Waals surface area contributed by atoms with Crippen LogP contribution in [0.5, 0.6) is 0 Å². The molecule has 1 aromatic carbocycles. The lowest BCUT2D eigenvalue weighted by atomic mass is 10.1. The summed E-state index contributed by atoms with van der Waals surface area (Å²) in [6, 6.07) is 5.53. The molecule has 5 heteroatoms. The second kappa shape index (κ2) is 8.19. The predicted octanol–water partition coefficient (Wildman–Crippen LogP) is 1.68. The number of aryl methyl sites for hydroxylation is 1.